The van der Waals surface area contributed by atoms with E-state index < -0.39 is 6.61 Å². The molecule has 0 spiro atoms. The second kappa shape index (κ2) is 8.40. The molecule has 29 heavy (non-hydrogen) atoms. The minimum Gasteiger partial charge on any atom is -0.434 e. The highest BCUT2D eigenvalue weighted by Crippen LogP contribution is 2.33. The van der Waals surface area contributed by atoms with Crippen LogP contribution in [0.3, 0.4) is 0 Å². The molecule has 0 saturated heterocycles. The molecule has 5 nitrogen and oxygen atoms in total. The van der Waals surface area contributed by atoms with E-state index in [2.05, 4.69) is 15.0 Å². The summed E-state index contributed by atoms with van der Waals surface area (Å²) in [6.07, 6.45) is 2.25. The van der Waals surface area contributed by atoms with Gasteiger partial charge in [-0.25, -0.2) is 4.98 Å². The van der Waals surface area contributed by atoms with E-state index in [4.69, 9.17) is 0 Å². The summed E-state index contributed by atoms with van der Waals surface area (Å²) < 4.78 is 31.8. The summed E-state index contributed by atoms with van der Waals surface area (Å²) in [5, 5.41) is 6.00. The van der Waals surface area contributed by atoms with Gasteiger partial charge in [-0.05, 0) is 29.7 Å². The first-order chi connectivity index (χ1) is 14.1. The number of hydrogen-bond donors (Lipinski definition) is 1. The molecule has 4 rings (SSSR count). The maximum atomic E-state index is 12.6. The zero-order chi connectivity index (χ0) is 20.2. The maximum absolute atomic E-state index is 12.6. The van der Waals surface area contributed by atoms with Crippen molar-refractivity contribution in [1.82, 2.24) is 9.55 Å². The van der Waals surface area contributed by atoms with Gasteiger partial charge in [0.25, 0.3) is 0 Å². The van der Waals surface area contributed by atoms with Gasteiger partial charge in [-0.3, -0.25) is 4.79 Å². The van der Waals surface area contributed by atoms with Crippen molar-refractivity contribution in [2.75, 3.05) is 5.32 Å². The number of thiazole rings is 1. The molecule has 1 amide bonds. The average Bonchev–Trinajstić information content (AvgIpc) is 3.33. The minimum atomic E-state index is -2.92. The van der Waals surface area contributed by atoms with Gasteiger partial charge in [0.1, 0.15) is 5.75 Å². The second-order valence-corrected chi connectivity index (χ2v) is 7.14. The number of nitrogens with one attached hydrogen (secondary N) is 1. The van der Waals surface area contributed by atoms with E-state index in [-0.39, 0.29) is 11.7 Å². The number of alkyl halides is 2. The van der Waals surface area contributed by atoms with Crippen molar-refractivity contribution in [1.29, 1.82) is 0 Å². The molecule has 4 aromatic rings. The van der Waals surface area contributed by atoms with Crippen molar-refractivity contribution < 1.29 is 18.3 Å². The van der Waals surface area contributed by atoms with Crippen LogP contribution in [0, 0.1) is 0 Å². The lowest BCUT2D eigenvalue weighted by Gasteiger charge is -2.08. The van der Waals surface area contributed by atoms with Gasteiger partial charge >= 0.3 is 6.61 Å². The van der Waals surface area contributed by atoms with E-state index in [0.29, 0.717) is 29.4 Å². The highest BCUT2D eigenvalue weighted by molar-refractivity contribution is 7.14. The number of rotatable bonds is 7. The number of aryl methyl sites for hydroxylation is 1. The molecule has 2 aromatic carbocycles. The number of para-hydroxylation sites is 2. The van der Waals surface area contributed by atoms with Crippen LogP contribution < -0.4 is 10.1 Å². The summed E-state index contributed by atoms with van der Waals surface area (Å²) in [7, 11) is 0. The van der Waals surface area contributed by atoms with E-state index >= 15 is 0 Å². The van der Waals surface area contributed by atoms with Crippen LogP contribution in [-0.2, 0) is 11.3 Å². The van der Waals surface area contributed by atoms with Gasteiger partial charge in [-0.1, -0.05) is 30.3 Å². The Morgan fingerprint density at radius 3 is 2.79 bits per heavy atom. The second-order valence-electron chi connectivity index (χ2n) is 6.28. The lowest BCUT2D eigenvalue weighted by atomic mass is 10.1. The van der Waals surface area contributed by atoms with Crippen LogP contribution in [0.15, 0.2) is 66.2 Å². The smallest absolute Gasteiger partial charge is 0.387 e. The SMILES string of the molecule is O=C(CCn1ccc2ccccc21)Nc1nc(-c2ccccc2OC(F)F)cs1. The van der Waals surface area contributed by atoms with Gasteiger partial charge in [-0.15, -0.1) is 11.3 Å². The molecule has 0 aliphatic carbocycles. The van der Waals surface area contributed by atoms with Crippen molar-refractivity contribution in [2.45, 2.75) is 19.6 Å². The molecule has 148 valence electrons. The zero-order valence-electron chi connectivity index (χ0n) is 15.2. The minimum absolute atomic E-state index is 0.0464. The van der Waals surface area contributed by atoms with Crippen LogP contribution in [0.1, 0.15) is 6.42 Å². The summed E-state index contributed by atoms with van der Waals surface area (Å²) in [4.78, 5) is 16.7. The first-order valence-corrected chi connectivity index (χ1v) is 9.81. The number of halogens is 2. The van der Waals surface area contributed by atoms with Gasteiger partial charge in [0.2, 0.25) is 5.91 Å². The monoisotopic (exact) mass is 413 g/mol. The van der Waals surface area contributed by atoms with Crippen molar-refractivity contribution in [2.24, 2.45) is 0 Å². The third-order valence-corrected chi connectivity index (χ3v) is 5.15. The Hall–Kier alpha value is -3.26. The van der Waals surface area contributed by atoms with E-state index in [0.717, 1.165) is 10.9 Å². The number of hydrogen-bond acceptors (Lipinski definition) is 4. The Kier molecular flexibility index (Phi) is 5.53. The van der Waals surface area contributed by atoms with E-state index in [1.165, 1.54) is 17.4 Å². The standard InChI is InChI=1S/C21H17F2N3O2S/c22-20(23)28-18-8-4-2-6-15(18)16-13-29-21(24-16)25-19(27)10-12-26-11-9-14-5-1-3-7-17(14)26/h1-9,11,13,20H,10,12H2,(H,24,25,27). The first kappa shape index (κ1) is 19.1. The molecule has 0 fully saturated rings. The zero-order valence-corrected chi connectivity index (χ0v) is 16.0. The summed E-state index contributed by atoms with van der Waals surface area (Å²) in [5.74, 6) is -0.119. The number of fused-ring (bicyclic) bond motifs is 1. The quantitative estimate of drug-likeness (QED) is 0.442. The molecule has 0 bridgehead atoms. The number of aromatic nitrogens is 2. The Labute approximate surface area is 169 Å². The first-order valence-electron chi connectivity index (χ1n) is 8.93. The molecule has 0 radical (unpaired) electrons. The van der Waals surface area contributed by atoms with E-state index in [9.17, 15) is 13.6 Å². The van der Waals surface area contributed by atoms with Crippen LogP contribution in [0.25, 0.3) is 22.2 Å². The summed E-state index contributed by atoms with van der Waals surface area (Å²) >= 11 is 1.23. The summed E-state index contributed by atoms with van der Waals surface area (Å²) in [6, 6.07) is 16.4. The fourth-order valence-electron chi connectivity index (χ4n) is 3.07. The number of amides is 1. The molecule has 2 heterocycles. The number of benzene rings is 2. The van der Waals surface area contributed by atoms with Crippen LogP contribution in [-0.4, -0.2) is 22.1 Å². The van der Waals surface area contributed by atoms with Gasteiger partial charge in [-0.2, -0.15) is 8.78 Å². The molecule has 8 heteroatoms. The predicted octanol–water partition coefficient (Wildman–Crippen LogP) is 5.40. The van der Waals surface area contributed by atoms with Crippen LogP contribution >= 0.6 is 11.3 Å². The number of ether oxygens (including phenoxy) is 1. The van der Waals surface area contributed by atoms with Gasteiger partial charge < -0.3 is 14.6 Å². The van der Waals surface area contributed by atoms with Crippen molar-refractivity contribution in [3.05, 3.63) is 66.2 Å². The van der Waals surface area contributed by atoms with Crippen LogP contribution in [0.4, 0.5) is 13.9 Å². The molecule has 0 unspecified atom stereocenters. The summed E-state index contributed by atoms with van der Waals surface area (Å²) in [5.41, 5.74) is 1.99. The fourth-order valence-corrected chi connectivity index (χ4v) is 3.80. The molecule has 2 aromatic heterocycles. The van der Waals surface area contributed by atoms with E-state index in [1.807, 2.05) is 41.1 Å². The van der Waals surface area contributed by atoms with Crippen molar-refractivity contribution >= 4 is 33.3 Å². The normalized spacial score (nSPS) is 11.1. The molecular weight excluding hydrogens is 396 g/mol. The highest BCUT2D eigenvalue weighted by atomic mass is 32.1. The fraction of sp³-hybridized carbons (Fsp3) is 0.143. The lowest BCUT2D eigenvalue weighted by molar-refractivity contribution is -0.116. The number of nitrogens with zero attached hydrogens (tertiary/aromatic N) is 2. The summed E-state index contributed by atoms with van der Waals surface area (Å²) in [6.45, 7) is -2.37. The Morgan fingerprint density at radius 1 is 1.14 bits per heavy atom. The Morgan fingerprint density at radius 2 is 1.93 bits per heavy atom. The maximum Gasteiger partial charge on any atom is 0.387 e. The van der Waals surface area contributed by atoms with Crippen LogP contribution in [0.2, 0.25) is 0 Å². The molecule has 1 N–H and O–H groups in total. The Bertz CT molecular complexity index is 1140. The lowest BCUT2D eigenvalue weighted by Crippen LogP contribution is -2.14. The third-order valence-electron chi connectivity index (χ3n) is 4.39. The highest BCUT2D eigenvalue weighted by Gasteiger charge is 2.14. The average molecular weight is 413 g/mol. The molecule has 0 saturated carbocycles. The largest absolute Gasteiger partial charge is 0.434 e. The van der Waals surface area contributed by atoms with Gasteiger partial charge in [0, 0.05) is 35.6 Å². The topological polar surface area (TPSA) is 56.2 Å². The molecule has 0 atom stereocenters. The number of carbonyl (C=O) groups is 1. The molecule has 0 aliphatic heterocycles. The number of anilines is 1. The molecular formula is C21H17F2N3O2S. The van der Waals surface area contributed by atoms with E-state index in [1.54, 1.807) is 23.6 Å². The van der Waals surface area contributed by atoms with Crippen LogP contribution in [0.5, 0.6) is 5.75 Å². The third kappa shape index (κ3) is 4.43. The molecule has 0 aliphatic rings. The Balaban J connectivity index is 1.41. The van der Waals surface area contributed by atoms with Crippen molar-refractivity contribution in [3.63, 3.8) is 0 Å². The predicted molar refractivity (Wildman–Crippen MR) is 109 cm³/mol. The van der Waals surface area contributed by atoms with Gasteiger partial charge in [0.15, 0.2) is 5.13 Å². The van der Waals surface area contributed by atoms with Crippen molar-refractivity contribution in [3.8, 4) is 17.0 Å². The number of carbonyl (C=O) groups excluding carboxylic acids is 1. The van der Waals surface area contributed by atoms with Gasteiger partial charge in [0.05, 0.1) is 5.69 Å².